The number of ether oxygens (including phenoxy) is 2. The van der Waals surface area contributed by atoms with Crippen LogP contribution in [0.15, 0.2) is 41.8 Å². The molecular weight excluding hydrogens is 306 g/mol. The van der Waals surface area contributed by atoms with Crippen LogP contribution in [0.1, 0.15) is 11.1 Å². The SMILES string of the molecule is COc1ccc(OC)c(-c2nc(-c3ccc(C)cc3C)cs2)c1. The highest BCUT2D eigenvalue weighted by Gasteiger charge is 2.13. The largest absolute Gasteiger partial charge is 0.497 e. The van der Waals surface area contributed by atoms with Gasteiger partial charge in [-0.2, -0.15) is 0 Å². The fourth-order valence-corrected chi connectivity index (χ4v) is 3.44. The zero-order chi connectivity index (χ0) is 16.4. The number of hydrogen-bond donors (Lipinski definition) is 0. The van der Waals surface area contributed by atoms with E-state index in [1.54, 1.807) is 25.6 Å². The van der Waals surface area contributed by atoms with Crippen LogP contribution in [-0.2, 0) is 0 Å². The summed E-state index contributed by atoms with van der Waals surface area (Å²) in [5.74, 6) is 1.59. The molecule has 0 unspecified atom stereocenters. The second kappa shape index (κ2) is 6.42. The highest BCUT2D eigenvalue weighted by molar-refractivity contribution is 7.13. The minimum Gasteiger partial charge on any atom is -0.497 e. The van der Waals surface area contributed by atoms with Crippen molar-refractivity contribution in [2.75, 3.05) is 14.2 Å². The van der Waals surface area contributed by atoms with Crippen molar-refractivity contribution in [3.63, 3.8) is 0 Å². The molecule has 0 spiro atoms. The topological polar surface area (TPSA) is 31.4 Å². The van der Waals surface area contributed by atoms with Gasteiger partial charge in [0.1, 0.15) is 16.5 Å². The van der Waals surface area contributed by atoms with E-state index < -0.39 is 0 Å². The Hall–Kier alpha value is -2.33. The van der Waals surface area contributed by atoms with Crippen LogP contribution in [0.4, 0.5) is 0 Å². The Kier molecular flexibility index (Phi) is 4.35. The Bertz CT molecular complexity index is 839. The van der Waals surface area contributed by atoms with E-state index in [1.165, 1.54) is 16.7 Å². The molecule has 0 fully saturated rings. The zero-order valence-electron chi connectivity index (χ0n) is 13.7. The standard InChI is InChI=1S/C19H19NO2S/c1-12-5-7-15(13(2)9-12)17-11-23-19(20-17)16-10-14(21-3)6-8-18(16)22-4/h5-11H,1-4H3. The highest BCUT2D eigenvalue weighted by Crippen LogP contribution is 2.37. The van der Waals surface area contributed by atoms with E-state index in [1.807, 2.05) is 18.2 Å². The van der Waals surface area contributed by atoms with Gasteiger partial charge < -0.3 is 9.47 Å². The second-order valence-electron chi connectivity index (χ2n) is 5.42. The van der Waals surface area contributed by atoms with Crippen LogP contribution in [0.3, 0.4) is 0 Å². The van der Waals surface area contributed by atoms with E-state index in [4.69, 9.17) is 14.5 Å². The lowest BCUT2D eigenvalue weighted by molar-refractivity contribution is 0.404. The molecule has 23 heavy (non-hydrogen) atoms. The number of benzene rings is 2. The van der Waals surface area contributed by atoms with Crippen molar-refractivity contribution in [2.45, 2.75) is 13.8 Å². The van der Waals surface area contributed by atoms with Gasteiger partial charge >= 0.3 is 0 Å². The Labute approximate surface area is 140 Å². The molecular formula is C19H19NO2S. The summed E-state index contributed by atoms with van der Waals surface area (Å²) in [6, 6.07) is 12.2. The molecule has 0 saturated heterocycles. The molecule has 2 aromatic carbocycles. The first kappa shape index (κ1) is 15.6. The van der Waals surface area contributed by atoms with E-state index in [2.05, 4.69) is 37.4 Å². The van der Waals surface area contributed by atoms with Gasteiger partial charge in [-0.05, 0) is 37.6 Å². The van der Waals surface area contributed by atoms with Crippen LogP contribution < -0.4 is 9.47 Å². The molecule has 0 radical (unpaired) electrons. The van der Waals surface area contributed by atoms with Crippen LogP contribution in [-0.4, -0.2) is 19.2 Å². The van der Waals surface area contributed by atoms with Crippen molar-refractivity contribution in [1.82, 2.24) is 4.98 Å². The number of hydrogen-bond acceptors (Lipinski definition) is 4. The van der Waals surface area contributed by atoms with E-state index >= 15 is 0 Å². The van der Waals surface area contributed by atoms with Crippen LogP contribution in [0.2, 0.25) is 0 Å². The van der Waals surface area contributed by atoms with Gasteiger partial charge in [-0.15, -0.1) is 11.3 Å². The number of rotatable bonds is 4. The predicted octanol–water partition coefficient (Wildman–Crippen LogP) is 5.11. The van der Waals surface area contributed by atoms with Crippen molar-refractivity contribution in [3.8, 4) is 33.3 Å². The van der Waals surface area contributed by atoms with Gasteiger partial charge in [0.15, 0.2) is 0 Å². The Morgan fingerprint density at radius 1 is 0.913 bits per heavy atom. The lowest BCUT2D eigenvalue weighted by Gasteiger charge is -2.08. The van der Waals surface area contributed by atoms with Crippen LogP contribution >= 0.6 is 11.3 Å². The number of aromatic nitrogens is 1. The molecule has 0 aliphatic heterocycles. The van der Waals surface area contributed by atoms with E-state index in [0.717, 1.165) is 27.8 Å². The lowest BCUT2D eigenvalue weighted by atomic mass is 10.0. The molecule has 0 aliphatic rings. The highest BCUT2D eigenvalue weighted by atomic mass is 32.1. The van der Waals surface area contributed by atoms with E-state index in [-0.39, 0.29) is 0 Å². The quantitative estimate of drug-likeness (QED) is 0.668. The average molecular weight is 325 g/mol. The molecule has 118 valence electrons. The number of aryl methyl sites for hydroxylation is 2. The van der Waals surface area contributed by atoms with Crippen molar-refractivity contribution in [1.29, 1.82) is 0 Å². The predicted molar refractivity (Wildman–Crippen MR) is 95.6 cm³/mol. The second-order valence-corrected chi connectivity index (χ2v) is 6.28. The Balaban J connectivity index is 2.05. The van der Waals surface area contributed by atoms with Gasteiger partial charge in [-0.1, -0.05) is 23.8 Å². The molecule has 0 amide bonds. The summed E-state index contributed by atoms with van der Waals surface area (Å²) in [5.41, 5.74) is 5.61. The molecule has 1 heterocycles. The van der Waals surface area contributed by atoms with Crippen molar-refractivity contribution >= 4 is 11.3 Å². The van der Waals surface area contributed by atoms with Gasteiger partial charge in [-0.3, -0.25) is 0 Å². The minimum atomic E-state index is 0.795. The molecule has 0 atom stereocenters. The first-order valence-electron chi connectivity index (χ1n) is 7.38. The third-order valence-corrected chi connectivity index (χ3v) is 4.67. The van der Waals surface area contributed by atoms with Gasteiger partial charge in [0.25, 0.3) is 0 Å². The summed E-state index contributed by atoms with van der Waals surface area (Å²) in [5, 5.41) is 3.02. The molecule has 0 N–H and O–H groups in total. The van der Waals surface area contributed by atoms with Crippen molar-refractivity contribution < 1.29 is 9.47 Å². The Morgan fingerprint density at radius 3 is 2.43 bits per heavy atom. The monoisotopic (exact) mass is 325 g/mol. The Morgan fingerprint density at radius 2 is 1.74 bits per heavy atom. The molecule has 3 aromatic rings. The maximum atomic E-state index is 5.46. The fraction of sp³-hybridized carbons (Fsp3) is 0.211. The van der Waals surface area contributed by atoms with E-state index in [9.17, 15) is 0 Å². The van der Waals surface area contributed by atoms with E-state index in [0.29, 0.717) is 0 Å². The van der Waals surface area contributed by atoms with Crippen molar-refractivity contribution in [2.24, 2.45) is 0 Å². The third-order valence-electron chi connectivity index (χ3n) is 3.80. The summed E-state index contributed by atoms with van der Waals surface area (Å²) in [7, 11) is 3.33. The summed E-state index contributed by atoms with van der Waals surface area (Å²) < 4.78 is 10.8. The van der Waals surface area contributed by atoms with Gasteiger partial charge in [0, 0.05) is 10.9 Å². The molecule has 0 bridgehead atoms. The van der Waals surface area contributed by atoms with Gasteiger partial charge in [0.05, 0.1) is 25.5 Å². The van der Waals surface area contributed by atoms with Gasteiger partial charge in [-0.25, -0.2) is 4.98 Å². The van der Waals surface area contributed by atoms with Crippen molar-refractivity contribution in [3.05, 3.63) is 52.9 Å². The molecule has 3 nitrogen and oxygen atoms in total. The molecule has 0 aliphatic carbocycles. The van der Waals surface area contributed by atoms with Crippen LogP contribution in [0, 0.1) is 13.8 Å². The molecule has 1 aromatic heterocycles. The number of methoxy groups -OCH3 is 2. The normalized spacial score (nSPS) is 10.6. The number of thiazole rings is 1. The molecule has 3 rings (SSSR count). The molecule has 0 saturated carbocycles. The average Bonchev–Trinajstić information content (AvgIpc) is 3.03. The summed E-state index contributed by atoms with van der Waals surface area (Å²) in [6.45, 7) is 4.22. The first-order chi connectivity index (χ1) is 11.1. The molecule has 4 heteroatoms. The smallest absolute Gasteiger partial charge is 0.129 e. The first-order valence-corrected chi connectivity index (χ1v) is 8.26. The third kappa shape index (κ3) is 3.08. The maximum absolute atomic E-state index is 5.46. The summed E-state index contributed by atoms with van der Waals surface area (Å²) in [4.78, 5) is 4.81. The van der Waals surface area contributed by atoms with Crippen LogP contribution in [0.25, 0.3) is 21.8 Å². The maximum Gasteiger partial charge on any atom is 0.129 e. The minimum absolute atomic E-state index is 0.795. The van der Waals surface area contributed by atoms with Gasteiger partial charge in [0.2, 0.25) is 0 Å². The van der Waals surface area contributed by atoms with Crippen LogP contribution in [0.5, 0.6) is 11.5 Å². The summed E-state index contributed by atoms with van der Waals surface area (Å²) >= 11 is 1.61. The lowest BCUT2D eigenvalue weighted by Crippen LogP contribution is -1.90. The fourth-order valence-electron chi connectivity index (χ4n) is 2.60. The zero-order valence-corrected chi connectivity index (χ0v) is 14.5. The summed E-state index contributed by atoms with van der Waals surface area (Å²) in [6.07, 6.45) is 0. The number of nitrogens with zero attached hydrogens (tertiary/aromatic N) is 1.